The van der Waals surface area contributed by atoms with Crippen LogP contribution in [0.1, 0.15) is 17.5 Å². The molecular formula is C19H20N6. The Morgan fingerprint density at radius 2 is 1.84 bits per heavy atom. The summed E-state index contributed by atoms with van der Waals surface area (Å²) in [6, 6.07) is 16.0. The van der Waals surface area contributed by atoms with Gasteiger partial charge in [-0.15, -0.1) is 10.2 Å². The van der Waals surface area contributed by atoms with E-state index in [-0.39, 0.29) is 0 Å². The fourth-order valence-corrected chi connectivity index (χ4v) is 3.32. The summed E-state index contributed by atoms with van der Waals surface area (Å²) in [5.41, 5.74) is 2.85. The minimum Gasteiger partial charge on any atom is -0.339 e. The number of hydrogen-bond acceptors (Lipinski definition) is 5. The third-order valence-corrected chi connectivity index (χ3v) is 4.66. The van der Waals surface area contributed by atoms with Gasteiger partial charge in [-0.3, -0.25) is 9.30 Å². The molecule has 3 aromatic rings. The number of nitrogens with zero attached hydrogens (tertiary/aromatic N) is 6. The average molecular weight is 332 g/mol. The molecule has 2 aromatic heterocycles. The average Bonchev–Trinajstić information content (AvgIpc) is 2.95. The number of hydrogen-bond donors (Lipinski definition) is 0. The fraction of sp³-hybridized carbons (Fsp3) is 0.316. The third-order valence-electron chi connectivity index (χ3n) is 4.66. The van der Waals surface area contributed by atoms with E-state index >= 15 is 0 Å². The van der Waals surface area contributed by atoms with Gasteiger partial charge in [0.25, 0.3) is 0 Å². The largest absolute Gasteiger partial charge is 0.339 e. The predicted molar refractivity (Wildman–Crippen MR) is 96.3 cm³/mol. The van der Waals surface area contributed by atoms with E-state index in [1.54, 1.807) is 0 Å². The molecule has 1 aliphatic heterocycles. The van der Waals surface area contributed by atoms with E-state index in [0.29, 0.717) is 5.56 Å². The highest BCUT2D eigenvalue weighted by molar-refractivity contribution is 5.46. The van der Waals surface area contributed by atoms with Crippen molar-refractivity contribution in [3.05, 3.63) is 59.8 Å². The molecule has 6 heteroatoms. The molecule has 1 aromatic carbocycles. The van der Waals surface area contributed by atoms with Gasteiger partial charge in [0.2, 0.25) is 5.95 Å². The first-order chi connectivity index (χ1) is 12.3. The van der Waals surface area contributed by atoms with Crippen molar-refractivity contribution in [3.63, 3.8) is 0 Å². The quantitative estimate of drug-likeness (QED) is 0.736. The van der Waals surface area contributed by atoms with Crippen molar-refractivity contribution in [2.45, 2.75) is 13.0 Å². The lowest BCUT2D eigenvalue weighted by molar-refractivity contribution is 0.285. The molecule has 6 nitrogen and oxygen atoms in total. The van der Waals surface area contributed by atoms with Crippen molar-refractivity contribution < 1.29 is 0 Å². The lowest BCUT2D eigenvalue weighted by Crippen LogP contribution is -2.31. The second kappa shape index (κ2) is 6.91. The monoisotopic (exact) mass is 332 g/mol. The molecule has 0 unspecified atom stereocenters. The van der Waals surface area contributed by atoms with Crippen LogP contribution < -0.4 is 4.90 Å². The Balaban J connectivity index is 1.44. The van der Waals surface area contributed by atoms with E-state index in [9.17, 15) is 0 Å². The summed E-state index contributed by atoms with van der Waals surface area (Å²) < 4.78 is 2.05. The maximum atomic E-state index is 8.90. The second-order valence-electron chi connectivity index (χ2n) is 6.35. The third kappa shape index (κ3) is 3.32. The molecule has 1 aliphatic rings. The van der Waals surface area contributed by atoms with Gasteiger partial charge in [0.1, 0.15) is 0 Å². The molecule has 4 rings (SSSR count). The van der Waals surface area contributed by atoms with Gasteiger partial charge in [0.15, 0.2) is 5.65 Å². The lowest BCUT2D eigenvalue weighted by atomic mass is 10.1. The van der Waals surface area contributed by atoms with Crippen LogP contribution >= 0.6 is 0 Å². The summed E-state index contributed by atoms with van der Waals surface area (Å²) in [6.07, 6.45) is 3.11. The van der Waals surface area contributed by atoms with Crippen molar-refractivity contribution in [1.29, 1.82) is 5.26 Å². The molecule has 0 saturated carbocycles. The summed E-state index contributed by atoms with van der Waals surface area (Å²) in [5, 5.41) is 17.5. The lowest BCUT2D eigenvalue weighted by Gasteiger charge is -2.22. The Labute approximate surface area is 146 Å². The number of anilines is 1. The SMILES string of the molecule is N#Cc1ccc(CN2CCCN(c3nnc4ccccn34)CC2)cc1. The molecule has 0 spiro atoms. The summed E-state index contributed by atoms with van der Waals surface area (Å²) in [6.45, 7) is 4.89. The van der Waals surface area contributed by atoms with Crippen molar-refractivity contribution in [1.82, 2.24) is 19.5 Å². The molecule has 1 fully saturated rings. The zero-order valence-electron chi connectivity index (χ0n) is 14.0. The van der Waals surface area contributed by atoms with E-state index in [4.69, 9.17) is 5.26 Å². The van der Waals surface area contributed by atoms with Crippen LogP contribution in [0.25, 0.3) is 5.65 Å². The molecule has 0 radical (unpaired) electrons. The van der Waals surface area contributed by atoms with Crippen LogP contribution in [0.4, 0.5) is 5.95 Å². The molecule has 0 amide bonds. The van der Waals surface area contributed by atoms with Gasteiger partial charge in [-0.2, -0.15) is 5.26 Å². The maximum Gasteiger partial charge on any atom is 0.231 e. The van der Waals surface area contributed by atoms with Crippen molar-refractivity contribution in [3.8, 4) is 6.07 Å². The van der Waals surface area contributed by atoms with Crippen molar-refractivity contribution >= 4 is 11.6 Å². The highest BCUT2D eigenvalue weighted by atomic mass is 15.4. The van der Waals surface area contributed by atoms with Crippen molar-refractivity contribution in [2.75, 3.05) is 31.1 Å². The van der Waals surface area contributed by atoms with Gasteiger partial charge >= 0.3 is 0 Å². The Kier molecular flexibility index (Phi) is 4.32. The molecule has 0 bridgehead atoms. The standard InChI is InChI=1S/C19H20N6/c20-14-16-5-7-17(8-6-16)15-23-9-3-10-24(13-12-23)19-22-21-18-4-1-2-11-25(18)19/h1-2,4-8,11H,3,9-10,12-13,15H2. The van der Waals surface area contributed by atoms with Crippen LogP contribution in [0.15, 0.2) is 48.7 Å². The summed E-state index contributed by atoms with van der Waals surface area (Å²) in [7, 11) is 0. The Hall–Kier alpha value is -2.91. The predicted octanol–water partition coefficient (Wildman–Crippen LogP) is 2.31. The molecule has 25 heavy (non-hydrogen) atoms. The second-order valence-corrected chi connectivity index (χ2v) is 6.35. The van der Waals surface area contributed by atoms with E-state index in [0.717, 1.165) is 50.7 Å². The van der Waals surface area contributed by atoms with Crippen LogP contribution in [0, 0.1) is 11.3 Å². The smallest absolute Gasteiger partial charge is 0.231 e. The highest BCUT2D eigenvalue weighted by Crippen LogP contribution is 2.17. The number of benzene rings is 1. The van der Waals surface area contributed by atoms with Crippen LogP contribution in [0.3, 0.4) is 0 Å². The summed E-state index contributed by atoms with van der Waals surface area (Å²) >= 11 is 0. The van der Waals surface area contributed by atoms with Gasteiger partial charge in [-0.1, -0.05) is 18.2 Å². The zero-order chi connectivity index (χ0) is 17.1. The highest BCUT2D eigenvalue weighted by Gasteiger charge is 2.19. The fourth-order valence-electron chi connectivity index (χ4n) is 3.32. The number of aromatic nitrogens is 3. The number of nitriles is 1. The molecule has 126 valence electrons. The van der Waals surface area contributed by atoms with Crippen LogP contribution in [-0.2, 0) is 6.54 Å². The summed E-state index contributed by atoms with van der Waals surface area (Å²) in [5.74, 6) is 0.927. The summed E-state index contributed by atoms with van der Waals surface area (Å²) in [4.78, 5) is 4.78. The van der Waals surface area contributed by atoms with Crippen LogP contribution in [0.5, 0.6) is 0 Å². The number of pyridine rings is 1. The van der Waals surface area contributed by atoms with Gasteiger partial charge in [0.05, 0.1) is 11.6 Å². The van der Waals surface area contributed by atoms with Gasteiger partial charge in [0, 0.05) is 38.9 Å². The molecule has 0 atom stereocenters. The Bertz CT molecular complexity index is 892. The maximum absolute atomic E-state index is 8.90. The van der Waals surface area contributed by atoms with E-state index < -0.39 is 0 Å². The zero-order valence-corrected chi connectivity index (χ0v) is 14.0. The van der Waals surface area contributed by atoms with E-state index in [2.05, 4.69) is 30.5 Å². The Morgan fingerprint density at radius 3 is 2.68 bits per heavy atom. The normalized spacial score (nSPS) is 15.9. The van der Waals surface area contributed by atoms with E-state index in [1.165, 1.54) is 5.56 Å². The van der Waals surface area contributed by atoms with Gasteiger partial charge in [-0.25, -0.2) is 0 Å². The molecule has 3 heterocycles. The van der Waals surface area contributed by atoms with E-state index in [1.807, 2.05) is 48.7 Å². The molecule has 1 saturated heterocycles. The number of rotatable bonds is 3. The molecular weight excluding hydrogens is 312 g/mol. The molecule has 0 N–H and O–H groups in total. The molecule has 0 aliphatic carbocycles. The van der Waals surface area contributed by atoms with Crippen molar-refractivity contribution in [2.24, 2.45) is 0 Å². The van der Waals surface area contributed by atoms with Gasteiger partial charge in [-0.05, 0) is 36.2 Å². The number of fused-ring (bicyclic) bond motifs is 1. The first-order valence-electron chi connectivity index (χ1n) is 8.59. The minimum atomic E-state index is 0.712. The van der Waals surface area contributed by atoms with Crippen LogP contribution in [0.2, 0.25) is 0 Å². The Morgan fingerprint density at radius 1 is 0.960 bits per heavy atom. The minimum absolute atomic E-state index is 0.712. The van der Waals surface area contributed by atoms with Crippen LogP contribution in [-0.4, -0.2) is 45.7 Å². The topological polar surface area (TPSA) is 60.5 Å². The first kappa shape index (κ1) is 15.6. The van der Waals surface area contributed by atoms with Gasteiger partial charge < -0.3 is 4.90 Å². The first-order valence-corrected chi connectivity index (χ1v) is 8.59.